The molecule has 0 aliphatic carbocycles. The van der Waals surface area contributed by atoms with Gasteiger partial charge in [0.15, 0.2) is 5.69 Å². The number of hydrogen-bond acceptors (Lipinski definition) is 4. The fourth-order valence-corrected chi connectivity index (χ4v) is 3.12. The summed E-state index contributed by atoms with van der Waals surface area (Å²) in [7, 11) is 0. The van der Waals surface area contributed by atoms with Gasteiger partial charge in [-0.1, -0.05) is 53.7 Å². The first-order valence-corrected chi connectivity index (χ1v) is 9.29. The number of halogens is 3. The maximum absolute atomic E-state index is 13.3. The second-order valence-corrected chi connectivity index (χ2v) is 6.64. The van der Waals surface area contributed by atoms with E-state index >= 15 is 0 Å². The van der Waals surface area contributed by atoms with Gasteiger partial charge in [0.05, 0.1) is 29.2 Å². The van der Waals surface area contributed by atoms with E-state index in [1.165, 1.54) is 24.4 Å². The van der Waals surface area contributed by atoms with E-state index in [1.807, 2.05) is 30.3 Å². The summed E-state index contributed by atoms with van der Waals surface area (Å²) in [5, 5.41) is 10.3. The van der Waals surface area contributed by atoms with E-state index in [2.05, 4.69) is 20.6 Å². The van der Waals surface area contributed by atoms with Crippen molar-refractivity contribution in [2.24, 2.45) is 0 Å². The Hall–Kier alpha value is -4.01. The van der Waals surface area contributed by atoms with Crippen molar-refractivity contribution >= 4 is 5.91 Å². The number of rotatable bonds is 5. The Balaban J connectivity index is 1.63. The van der Waals surface area contributed by atoms with Crippen molar-refractivity contribution in [3.05, 3.63) is 108 Å². The summed E-state index contributed by atoms with van der Waals surface area (Å²) in [6.07, 6.45) is -1.79. The SMILES string of the molecule is O=C(N[C@H](c1ccccc1)c1ccccn1)c1cn(-c2ccccc2C(F)(F)F)nn1. The number of hydrogen-bond donors (Lipinski definition) is 1. The predicted octanol–water partition coefficient (Wildman–Crippen LogP) is 4.20. The van der Waals surface area contributed by atoms with Gasteiger partial charge in [0.25, 0.3) is 5.91 Å². The van der Waals surface area contributed by atoms with Crippen LogP contribution in [0.3, 0.4) is 0 Å². The molecular formula is C22H16F3N5O. The quantitative estimate of drug-likeness (QED) is 0.522. The van der Waals surface area contributed by atoms with Gasteiger partial charge in [0.1, 0.15) is 0 Å². The van der Waals surface area contributed by atoms with Gasteiger partial charge in [0.2, 0.25) is 0 Å². The molecule has 0 aliphatic heterocycles. The summed E-state index contributed by atoms with van der Waals surface area (Å²) < 4.78 is 40.8. The highest BCUT2D eigenvalue weighted by Gasteiger charge is 2.34. The molecule has 1 atom stereocenters. The number of benzene rings is 2. The van der Waals surface area contributed by atoms with Gasteiger partial charge in [-0.2, -0.15) is 13.2 Å². The predicted molar refractivity (Wildman–Crippen MR) is 106 cm³/mol. The number of carbonyl (C=O) groups is 1. The molecule has 1 amide bonds. The average molecular weight is 423 g/mol. The first kappa shape index (κ1) is 20.3. The number of aromatic nitrogens is 4. The number of amides is 1. The lowest BCUT2D eigenvalue weighted by molar-refractivity contribution is -0.137. The molecule has 156 valence electrons. The summed E-state index contributed by atoms with van der Waals surface area (Å²) in [6.45, 7) is 0. The molecule has 0 unspecified atom stereocenters. The van der Waals surface area contributed by atoms with Crippen LogP contribution in [0.1, 0.15) is 33.4 Å². The molecule has 9 heteroatoms. The summed E-state index contributed by atoms with van der Waals surface area (Å²) in [5.41, 5.74) is 0.198. The topological polar surface area (TPSA) is 72.7 Å². The summed E-state index contributed by atoms with van der Waals surface area (Å²) in [4.78, 5) is 17.2. The molecule has 2 heterocycles. The Bertz CT molecular complexity index is 1140. The highest BCUT2D eigenvalue weighted by atomic mass is 19.4. The third-order valence-electron chi connectivity index (χ3n) is 4.57. The van der Waals surface area contributed by atoms with Gasteiger partial charge >= 0.3 is 6.18 Å². The highest BCUT2D eigenvalue weighted by molar-refractivity contribution is 5.92. The molecule has 0 radical (unpaired) electrons. The molecule has 1 N–H and O–H groups in total. The Morgan fingerprint density at radius 3 is 2.35 bits per heavy atom. The largest absolute Gasteiger partial charge is 0.418 e. The van der Waals surface area contributed by atoms with Crippen LogP contribution >= 0.6 is 0 Å². The van der Waals surface area contributed by atoms with E-state index in [0.29, 0.717) is 5.69 Å². The standard InChI is InChI=1S/C22H16F3N5O/c23-22(24,25)16-10-4-5-12-19(16)30-14-18(28-29-30)21(31)27-20(15-8-2-1-3-9-15)17-11-6-7-13-26-17/h1-14,20H,(H,27,31)/t20-/m1/s1. The Morgan fingerprint density at radius 1 is 0.935 bits per heavy atom. The molecule has 2 aromatic carbocycles. The molecular weight excluding hydrogens is 407 g/mol. The van der Waals surface area contributed by atoms with Crippen LogP contribution in [0.5, 0.6) is 0 Å². The van der Waals surface area contributed by atoms with Crippen LogP contribution in [0.4, 0.5) is 13.2 Å². The third-order valence-corrected chi connectivity index (χ3v) is 4.57. The molecule has 0 bridgehead atoms. The van der Waals surface area contributed by atoms with Crippen LogP contribution in [0.25, 0.3) is 5.69 Å². The Labute approximate surface area is 175 Å². The summed E-state index contributed by atoms with van der Waals surface area (Å²) in [6, 6.07) is 18.9. The number of pyridine rings is 1. The second-order valence-electron chi connectivity index (χ2n) is 6.64. The zero-order valence-corrected chi connectivity index (χ0v) is 16.0. The highest BCUT2D eigenvalue weighted by Crippen LogP contribution is 2.33. The molecule has 4 aromatic rings. The van der Waals surface area contributed by atoms with E-state index in [9.17, 15) is 18.0 Å². The molecule has 4 rings (SSSR count). The fraction of sp³-hybridized carbons (Fsp3) is 0.0909. The van der Waals surface area contributed by atoms with Gasteiger partial charge in [-0.3, -0.25) is 9.78 Å². The Kier molecular flexibility index (Phi) is 5.48. The van der Waals surface area contributed by atoms with Crippen molar-refractivity contribution in [1.82, 2.24) is 25.3 Å². The first-order valence-electron chi connectivity index (χ1n) is 9.29. The minimum Gasteiger partial charge on any atom is -0.338 e. The van der Waals surface area contributed by atoms with E-state index in [-0.39, 0.29) is 11.4 Å². The van der Waals surface area contributed by atoms with E-state index in [4.69, 9.17) is 0 Å². The average Bonchev–Trinajstić information content (AvgIpc) is 3.28. The third kappa shape index (κ3) is 4.45. The fourth-order valence-electron chi connectivity index (χ4n) is 3.12. The Morgan fingerprint density at radius 2 is 1.65 bits per heavy atom. The van der Waals surface area contributed by atoms with Gasteiger partial charge < -0.3 is 5.32 Å². The van der Waals surface area contributed by atoms with Gasteiger partial charge in [0, 0.05) is 6.20 Å². The monoisotopic (exact) mass is 423 g/mol. The van der Waals surface area contributed by atoms with Crippen molar-refractivity contribution in [2.45, 2.75) is 12.2 Å². The van der Waals surface area contributed by atoms with Crippen molar-refractivity contribution in [3.63, 3.8) is 0 Å². The normalized spacial score (nSPS) is 12.4. The van der Waals surface area contributed by atoms with Gasteiger partial charge in [-0.25, -0.2) is 4.68 Å². The lowest BCUT2D eigenvalue weighted by Crippen LogP contribution is -2.30. The van der Waals surface area contributed by atoms with Gasteiger partial charge in [-0.05, 0) is 29.8 Å². The molecule has 0 saturated heterocycles. The molecule has 0 aliphatic rings. The second kappa shape index (κ2) is 8.39. The van der Waals surface area contributed by atoms with Crippen molar-refractivity contribution in [1.29, 1.82) is 0 Å². The molecule has 0 spiro atoms. The van der Waals surface area contributed by atoms with Crippen LogP contribution in [0.2, 0.25) is 0 Å². The maximum atomic E-state index is 13.3. The lowest BCUT2D eigenvalue weighted by atomic mass is 10.0. The number of alkyl halides is 3. The molecule has 2 aromatic heterocycles. The molecule has 6 nitrogen and oxygen atoms in total. The van der Waals surface area contributed by atoms with Gasteiger partial charge in [-0.15, -0.1) is 5.10 Å². The minimum atomic E-state index is -4.57. The first-order chi connectivity index (χ1) is 14.9. The van der Waals surface area contributed by atoms with E-state index < -0.39 is 23.7 Å². The number of nitrogens with one attached hydrogen (secondary N) is 1. The maximum Gasteiger partial charge on any atom is 0.418 e. The van der Waals surface area contributed by atoms with Crippen molar-refractivity contribution in [3.8, 4) is 5.69 Å². The zero-order chi connectivity index (χ0) is 21.8. The van der Waals surface area contributed by atoms with Crippen LogP contribution in [0, 0.1) is 0 Å². The van der Waals surface area contributed by atoms with Crippen LogP contribution in [-0.2, 0) is 6.18 Å². The number of nitrogens with zero attached hydrogens (tertiary/aromatic N) is 4. The zero-order valence-electron chi connectivity index (χ0n) is 16.0. The summed E-state index contributed by atoms with van der Waals surface area (Å²) in [5.74, 6) is -0.588. The molecule has 0 fully saturated rings. The van der Waals surface area contributed by atoms with Crippen molar-refractivity contribution < 1.29 is 18.0 Å². The van der Waals surface area contributed by atoms with E-state index in [1.54, 1.807) is 24.4 Å². The van der Waals surface area contributed by atoms with Crippen LogP contribution in [0.15, 0.2) is 85.2 Å². The smallest absolute Gasteiger partial charge is 0.338 e. The summed E-state index contributed by atoms with van der Waals surface area (Å²) >= 11 is 0. The number of para-hydroxylation sites is 1. The van der Waals surface area contributed by atoms with Crippen molar-refractivity contribution in [2.75, 3.05) is 0 Å². The number of carbonyl (C=O) groups excluding carboxylic acids is 1. The minimum absolute atomic E-state index is 0.117. The molecule has 0 saturated carbocycles. The van der Waals surface area contributed by atoms with E-state index in [0.717, 1.165) is 16.3 Å². The molecule has 31 heavy (non-hydrogen) atoms. The lowest BCUT2D eigenvalue weighted by Gasteiger charge is -2.18. The van der Waals surface area contributed by atoms with Crippen LogP contribution < -0.4 is 5.32 Å². The van der Waals surface area contributed by atoms with Crippen LogP contribution in [-0.4, -0.2) is 25.9 Å².